The lowest BCUT2D eigenvalue weighted by Crippen LogP contribution is -2.35. The van der Waals surface area contributed by atoms with Crippen LogP contribution in [0.3, 0.4) is 0 Å². The van der Waals surface area contributed by atoms with E-state index in [1.54, 1.807) is 0 Å². The van der Waals surface area contributed by atoms with Crippen LogP contribution in [0.4, 0.5) is 4.39 Å². The van der Waals surface area contributed by atoms with Crippen LogP contribution in [0.1, 0.15) is 26.0 Å². The first-order chi connectivity index (χ1) is 8.54. The molecule has 1 aromatic rings. The third kappa shape index (κ3) is 2.23. The van der Waals surface area contributed by atoms with Crippen LogP contribution in [0.2, 0.25) is 0 Å². The molecule has 2 N–H and O–H groups in total. The zero-order chi connectivity index (χ0) is 13.3. The average Bonchev–Trinajstić information content (AvgIpc) is 2.58. The number of aromatic amines is 1. The molecule has 0 aliphatic carbocycles. The van der Waals surface area contributed by atoms with Gasteiger partial charge in [0.05, 0.1) is 6.10 Å². The molecule has 1 aliphatic rings. The van der Waals surface area contributed by atoms with Gasteiger partial charge in [0.2, 0.25) is 0 Å². The molecule has 100 valence electrons. The molecule has 0 saturated carbocycles. The highest BCUT2D eigenvalue weighted by Crippen LogP contribution is 2.32. The van der Waals surface area contributed by atoms with Crippen molar-refractivity contribution in [2.45, 2.75) is 44.4 Å². The minimum Gasteiger partial charge on any atom is -0.387 e. The Labute approximate surface area is 102 Å². The molecule has 1 saturated heterocycles. The Bertz CT molecular complexity index is 526. The van der Waals surface area contributed by atoms with Gasteiger partial charge in [-0.1, -0.05) is 13.3 Å². The Hall–Kier alpha value is -1.47. The molecule has 6 nitrogen and oxygen atoms in total. The number of H-pyrrole nitrogens is 1. The van der Waals surface area contributed by atoms with Gasteiger partial charge in [0.15, 0.2) is 12.4 Å². The smallest absolute Gasteiger partial charge is 0.330 e. The number of rotatable bonds is 3. The van der Waals surface area contributed by atoms with E-state index in [4.69, 9.17) is 4.74 Å². The number of halogens is 1. The molecule has 1 fully saturated rings. The van der Waals surface area contributed by atoms with Crippen LogP contribution in [0.15, 0.2) is 21.9 Å². The quantitative estimate of drug-likeness (QED) is 0.795. The Kier molecular flexibility index (Phi) is 3.63. The number of aliphatic hydroxyl groups is 1. The summed E-state index contributed by atoms with van der Waals surface area (Å²) < 4.78 is 20.2. The number of nitrogens with one attached hydrogen (secondary N) is 1. The van der Waals surface area contributed by atoms with E-state index in [9.17, 15) is 19.1 Å². The lowest BCUT2D eigenvalue weighted by molar-refractivity contribution is -0.0303. The number of ether oxygens (including phenoxy) is 1. The van der Waals surface area contributed by atoms with E-state index in [0.717, 1.165) is 17.1 Å². The van der Waals surface area contributed by atoms with Crippen LogP contribution in [-0.2, 0) is 4.74 Å². The van der Waals surface area contributed by atoms with Crippen molar-refractivity contribution in [3.63, 3.8) is 0 Å². The molecule has 18 heavy (non-hydrogen) atoms. The summed E-state index contributed by atoms with van der Waals surface area (Å²) in [6.45, 7) is 1.89. The summed E-state index contributed by atoms with van der Waals surface area (Å²) >= 11 is 0. The Morgan fingerprint density at radius 3 is 2.89 bits per heavy atom. The second kappa shape index (κ2) is 5.03. The van der Waals surface area contributed by atoms with Crippen molar-refractivity contribution < 1.29 is 14.2 Å². The molecule has 4 unspecified atom stereocenters. The van der Waals surface area contributed by atoms with Gasteiger partial charge in [0.1, 0.15) is 6.10 Å². The zero-order valence-electron chi connectivity index (χ0n) is 9.88. The van der Waals surface area contributed by atoms with Crippen molar-refractivity contribution in [2.75, 3.05) is 0 Å². The van der Waals surface area contributed by atoms with Crippen molar-refractivity contribution in [3.05, 3.63) is 33.1 Å². The number of hydrogen-bond donors (Lipinski definition) is 2. The molecule has 0 spiro atoms. The molecule has 7 heteroatoms. The van der Waals surface area contributed by atoms with Crippen molar-refractivity contribution in [3.8, 4) is 0 Å². The van der Waals surface area contributed by atoms with Gasteiger partial charge in [-0.15, -0.1) is 0 Å². The van der Waals surface area contributed by atoms with Crippen molar-refractivity contribution in [1.29, 1.82) is 0 Å². The van der Waals surface area contributed by atoms with Gasteiger partial charge in [0.25, 0.3) is 5.56 Å². The van der Waals surface area contributed by atoms with Crippen LogP contribution in [0, 0.1) is 0 Å². The SMILES string of the molecule is CCCC1OC(n2ccc(=O)[nH]c2=O)C(F)C1O. The van der Waals surface area contributed by atoms with E-state index < -0.39 is 35.9 Å². The van der Waals surface area contributed by atoms with Gasteiger partial charge in [-0.05, 0) is 6.42 Å². The number of aromatic nitrogens is 2. The Morgan fingerprint density at radius 2 is 2.28 bits per heavy atom. The van der Waals surface area contributed by atoms with Crippen LogP contribution in [-0.4, -0.2) is 33.0 Å². The van der Waals surface area contributed by atoms with Gasteiger partial charge in [-0.2, -0.15) is 0 Å². The van der Waals surface area contributed by atoms with Gasteiger partial charge in [0, 0.05) is 12.3 Å². The fourth-order valence-electron chi connectivity index (χ4n) is 2.08. The number of aliphatic hydroxyl groups excluding tert-OH is 1. The first-order valence-electron chi connectivity index (χ1n) is 5.83. The monoisotopic (exact) mass is 258 g/mol. The molecule has 2 heterocycles. The normalized spacial score (nSPS) is 31.7. The van der Waals surface area contributed by atoms with Crippen molar-refractivity contribution in [1.82, 2.24) is 9.55 Å². The molecule has 0 bridgehead atoms. The average molecular weight is 258 g/mol. The maximum Gasteiger partial charge on any atom is 0.330 e. The molecular formula is C11H15FN2O4. The third-order valence-electron chi connectivity index (χ3n) is 2.99. The maximum absolute atomic E-state index is 13.9. The summed E-state index contributed by atoms with van der Waals surface area (Å²) in [6.07, 6.45) is -2.36. The second-order valence-corrected chi connectivity index (χ2v) is 4.31. The largest absolute Gasteiger partial charge is 0.387 e. The van der Waals surface area contributed by atoms with E-state index in [2.05, 4.69) is 0 Å². The summed E-state index contributed by atoms with van der Waals surface area (Å²) in [4.78, 5) is 24.5. The predicted octanol–water partition coefficient (Wildman–Crippen LogP) is -0.0669. The van der Waals surface area contributed by atoms with Crippen molar-refractivity contribution >= 4 is 0 Å². The molecule has 4 atom stereocenters. The van der Waals surface area contributed by atoms with Gasteiger partial charge < -0.3 is 9.84 Å². The highest BCUT2D eigenvalue weighted by Gasteiger charge is 2.44. The lowest BCUT2D eigenvalue weighted by Gasteiger charge is -2.15. The molecular weight excluding hydrogens is 243 g/mol. The highest BCUT2D eigenvalue weighted by molar-refractivity contribution is 4.93. The van der Waals surface area contributed by atoms with Crippen LogP contribution in [0.5, 0.6) is 0 Å². The molecule has 1 aliphatic heterocycles. The summed E-state index contributed by atoms with van der Waals surface area (Å²) in [7, 11) is 0. The van der Waals surface area contributed by atoms with Gasteiger partial charge in [-0.3, -0.25) is 14.3 Å². The van der Waals surface area contributed by atoms with E-state index >= 15 is 0 Å². The summed E-state index contributed by atoms with van der Waals surface area (Å²) in [5, 5.41) is 9.68. The minimum absolute atomic E-state index is 0.510. The minimum atomic E-state index is -1.69. The first-order valence-corrected chi connectivity index (χ1v) is 5.83. The fraction of sp³-hybridized carbons (Fsp3) is 0.636. The van der Waals surface area contributed by atoms with E-state index in [-0.39, 0.29) is 0 Å². The van der Waals surface area contributed by atoms with Crippen LogP contribution < -0.4 is 11.2 Å². The van der Waals surface area contributed by atoms with Crippen LogP contribution in [0.25, 0.3) is 0 Å². The molecule has 0 amide bonds. The third-order valence-corrected chi connectivity index (χ3v) is 2.99. The van der Waals surface area contributed by atoms with Gasteiger partial charge >= 0.3 is 5.69 Å². The molecule has 2 rings (SSSR count). The molecule has 0 aromatic carbocycles. The summed E-state index contributed by atoms with van der Waals surface area (Å²) in [5.41, 5.74) is -1.31. The van der Waals surface area contributed by atoms with E-state index in [1.165, 1.54) is 6.20 Å². The zero-order valence-corrected chi connectivity index (χ0v) is 9.88. The first kappa shape index (κ1) is 13.0. The molecule has 1 aromatic heterocycles. The second-order valence-electron chi connectivity index (χ2n) is 4.31. The fourth-order valence-corrected chi connectivity index (χ4v) is 2.08. The summed E-state index contributed by atoms with van der Waals surface area (Å²) in [5.74, 6) is 0. The molecule has 0 radical (unpaired) electrons. The summed E-state index contributed by atoms with van der Waals surface area (Å²) in [6, 6.07) is 1.11. The van der Waals surface area contributed by atoms with Crippen LogP contribution >= 0.6 is 0 Å². The predicted molar refractivity (Wildman–Crippen MR) is 61.0 cm³/mol. The maximum atomic E-state index is 13.9. The standard InChI is InChI=1S/C11H15FN2O4/c1-2-3-6-9(16)8(12)10(18-6)14-5-4-7(15)13-11(14)17/h4-6,8-10,16H,2-3H2,1H3,(H,13,15,17). The highest BCUT2D eigenvalue weighted by atomic mass is 19.1. The Balaban J connectivity index is 2.29. The lowest BCUT2D eigenvalue weighted by atomic mass is 10.1. The number of alkyl halides is 1. The van der Waals surface area contributed by atoms with Crippen molar-refractivity contribution in [2.24, 2.45) is 0 Å². The van der Waals surface area contributed by atoms with E-state index in [1.807, 2.05) is 11.9 Å². The Morgan fingerprint density at radius 1 is 1.56 bits per heavy atom. The number of hydrogen-bond acceptors (Lipinski definition) is 4. The topological polar surface area (TPSA) is 84.3 Å². The van der Waals surface area contributed by atoms with E-state index in [0.29, 0.717) is 6.42 Å². The number of nitrogens with zero attached hydrogens (tertiary/aromatic N) is 1. The van der Waals surface area contributed by atoms with Gasteiger partial charge in [-0.25, -0.2) is 9.18 Å².